The van der Waals surface area contributed by atoms with Gasteiger partial charge in [-0.2, -0.15) is 0 Å². The molecule has 17 nitrogen and oxygen atoms in total. The van der Waals surface area contributed by atoms with Crippen LogP contribution in [-0.4, -0.2) is 159 Å². The topological polar surface area (TPSA) is 213 Å². The second kappa shape index (κ2) is 29.6. The van der Waals surface area contributed by atoms with Gasteiger partial charge >= 0.3 is 0 Å². The number of nitrogens with two attached hydrogens (primary N) is 1. The van der Waals surface area contributed by atoms with Gasteiger partial charge in [0, 0.05) is 39.6 Å². The number of likely N-dealkylation sites (tertiary alicyclic amines) is 1. The lowest BCUT2D eigenvalue weighted by atomic mass is 9.81. The summed E-state index contributed by atoms with van der Waals surface area (Å²) in [6.07, 6.45) is 2.15. The number of carbonyl (C=O) groups is 5. The van der Waals surface area contributed by atoms with E-state index in [2.05, 4.69) is 10.6 Å². The van der Waals surface area contributed by atoms with Crippen molar-refractivity contribution < 1.29 is 63.2 Å². The molecule has 2 fully saturated rings. The molecule has 17 heteroatoms. The lowest BCUT2D eigenvalue weighted by Gasteiger charge is -2.30. The summed E-state index contributed by atoms with van der Waals surface area (Å²) in [5, 5.41) is 5.53. The maximum Gasteiger partial charge on any atom is 0.240 e. The summed E-state index contributed by atoms with van der Waals surface area (Å²) in [6, 6.07) is -0.687. The molecule has 1 aliphatic heterocycles. The monoisotopic (exact) mass is 762 g/mol. The lowest BCUT2D eigenvalue weighted by Crippen LogP contribution is -2.47. The number of nitrogens with one attached hydrogen (secondary N) is 2. The fourth-order valence-corrected chi connectivity index (χ4v) is 5.58. The number of rotatable bonds is 33. The van der Waals surface area contributed by atoms with Gasteiger partial charge in [-0.3, -0.25) is 28.9 Å². The molecule has 0 aromatic heterocycles. The van der Waals surface area contributed by atoms with Crippen molar-refractivity contribution in [1.29, 1.82) is 0 Å². The molecule has 1 saturated carbocycles. The Bertz CT molecular complexity index is 1080. The zero-order chi connectivity index (χ0) is 39.4. The Morgan fingerprint density at radius 1 is 0.698 bits per heavy atom. The number of primary amides is 1. The molecule has 2 rings (SSSR count). The Balaban J connectivity index is 1.23. The van der Waals surface area contributed by atoms with Crippen molar-refractivity contribution in [3.05, 3.63) is 0 Å². The van der Waals surface area contributed by atoms with Crippen LogP contribution in [0, 0.1) is 17.8 Å². The maximum atomic E-state index is 12.5. The predicted octanol–water partition coefficient (Wildman–Crippen LogP) is 0.207. The van der Waals surface area contributed by atoms with Crippen molar-refractivity contribution in [1.82, 2.24) is 15.5 Å². The summed E-state index contributed by atoms with van der Waals surface area (Å²) in [5.41, 5.74) is 5.29. The number of ether oxygens (including phenoxy) is 8. The normalized spacial score (nSPS) is 19.8. The van der Waals surface area contributed by atoms with Gasteiger partial charge in [0.15, 0.2) is 0 Å². The van der Waals surface area contributed by atoms with E-state index in [0.717, 1.165) is 25.7 Å². The molecule has 2 atom stereocenters. The van der Waals surface area contributed by atoms with E-state index in [1.54, 1.807) is 0 Å². The number of amides is 5. The average molecular weight is 763 g/mol. The molecule has 4 N–H and O–H groups in total. The number of imide groups is 1. The van der Waals surface area contributed by atoms with Gasteiger partial charge in [-0.1, -0.05) is 13.8 Å². The molecule has 0 aromatic carbocycles. The van der Waals surface area contributed by atoms with Gasteiger partial charge in [0.2, 0.25) is 29.5 Å². The minimum atomic E-state index is -0.963. The third-order valence-electron chi connectivity index (χ3n) is 8.59. The highest BCUT2D eigenvalue weighted by atomic mass is 16.6. The number of nitrogens with zero attached hydrogens (tertiary/aromatic N) is 1. The first-order valence-electron chi connectivity index (χ1n) is 19.4. The Morgan fingerprint density at radius 3 is 1.53 bits per heavy atom. The molecule has 5 amide bonds. The zero-order valence-electron chi connectivity index (χ0n) is 32.7. The van der Waals surface area contributed by atoms with E-state index >= 15 is 0 Å². The standard InChI is InChI=1S/C36H64N4O13/c1-28(2)34(35(37)44)39-31(41)9-11-46-13-15-48-17-19-50-21-23-52-25-26-53-24-22-51-20-18-49-16-14-47-12-10-38-36(45)30-5-3-29(4-6-30)27-40-32(42)7-8-33(40)43/h28-30,34H,3-27H2,1-2H3,(H2,37,44)(H,38,45)(H,39,41)/t29?,30?,34-/m0/s1/i7T/t7?,29?,30?,34-. The van der Waals surface area contributed by atoms with Gasteiger partial charge in [0.05, 0.1) is 106 Å². The Kier molecular flexibility index (Phi) is 24.9. The van der Waals surface area contributed by atoms with Crippen LogP contribution in [0.5, 0.6) is 0 Å². The minimum absolute atomic E-state index is 0.00802. The van der Waals surface area contributed by atoms with Crippen molar-refractivity contribution in [2.75, 3.05) is 119 Å². The van der Waals surface area contributed by atoms with E-state index < -0.39 is 24.3 Å². The van der Waals surface area contributed by atoms with Gasteiger partial charge in [-0.15, -0.1) is 0 Å². The molecule has 1 aliphatic carbocycles. The molecule has 0 aromatic rings. The first-order valence-corrected chi connectivity index (χ1v) is 18.8. The van der Waals surface area contributed by atoms with Crippen LogP contribution < -0.4 is 16.4 Å². The third kappa shape index (κ3) is 22.3. The van der Waals surface area contributed by atoms with Gasteiger partial charge in [0.25, 0.3) is 0 Å². The van der Waals surface area contributed by atoms with Crippen LogP contribution in [0.1, 0.15) is 60.1 Å². The van der Waals surface area contributed by atoms with Crippen molar-refractivity contribution >= 4 is 29.5 Å². The lowest BCUT2D eigenvalue weighted by molar-refractivity contribution is -0.139. The van der Waals surface area contributed by atoms with Gasteiger partial charge in [0.1, 0.15) is 6.04 Å². The minimum Gasteiger partial charge on any atom is -0.379 e. The van der Waals surface area contributed by atoms with Crippen LogP contribution in [0.2, 0.25) is 0 Å². The second-order valence-electron chi connectivity index (χ2n) is 13.1. The molecule has 0 spiro atoms. The molecule has 2 aliphatic rings. The van der Waals surface area contributed by atoms with Crippen molar-refractivity contribution in [2.24, 2.45) is 23.5 Å². The predicted molar refractivity (Wildman–Crippen MR) is 192 cm³/mol. The van der Waals surface area contributed by atoms with E-state index in [1.807, 2.05) is 13.8 Å². The molecular weight excluding hydrogens is 696 g/mol. The summed E-state index contributed by atoms with van der Waals surface area (Å²) in [6.45, 7) is 11.0. The summed E-state index contributed by atoms with van der Waals surface area (Å²) in [4.78, 5) is 60.8. The van der Waals surface area contributed by atoms with Gasteiger partial charge in [-0.25, -0.2) is 0 Å². The van der Waals surface area contributed by atoms with Crippen LogP contribution in [-0.2, 0) is 61.9 Å². The molecule has 1 unspecified atom stereocenters. The molecule has 306 valence electrons. The van der Waals surface area contributed by atoms with Crippen LogP contribution in [0.3, 0.4) is 0 Å². The van der Waals surface area contributed by atoms with Crippen molar-refractivity contribution in [2.45, 2.75) is 64.8 Å². The Labute approximate surface area is 315 Å². The highest BCUT2D eigenvalue weighted by molar-refractivity contribution is 6.01. The SMILES string of the molecule is [3H]C1CC(=O)N(CC2CCC(C(=O)NCCOCCOCCOCCOCCOCCOCCOCCOCCC(=O)N[C@H](C(N)=O)C(C)C)CC2)C1=O. The third-order valence-corrected chi connectivity index (χ3v) is 8.59. The summed E-state index contributed by atoms with van der Waals surface area (Å²) in [7, 11) is 0. The smallest absolute Gasteiger partial charge is 0.240 e. The molecule has 0 bridgehead atoms. The van der Waals surface area contributed by atoms with Crippen molar-refractivity contribution in [3.8, 4) is 0 Å². The average Bonchev–Trinajstić information content (AvgIpc) is 3.38. The first-order chi connectivity index (χ1) is 26.1. The molecule has 53 heavy (non-hydrogen) atoms. The molecule has 0 radical (unpaired) electrons. The summed E-state index contributed by atoms with van der Waals surface area (Å²) < 4.78 is 51.3. The highest BCUT2D eigenvalue weighted by Crippen LogP contribution is 2.30. The fourth-order valence-electron chi connectivity index (χ4n) is 5.58. The van der Waals surface area contributed by atoms with Crippen LogP contribution in [0.25, 0.3) is 0 Å². The highest BCUT2D eigenvalue weighted by Gasteiger charge is 2.33. The largest absolute Gasteiger partial charge is 0.379 e. The molecule has 1 saturated heterocycles. The van der Waals surface area contributed by atoms with Crippen LogP contribution in [0.15, 0.2) is 0 Å². The van der Waals surface area contributed by atoms with E-state index in [4.69, 9.17) is 45.0 Å². The quantitative estimate of drug-likeness (QED) is 0.0604. The maximum absolute atomic E-state index is 12.5. The zero-order valence-corrected chi connectivity index (χ0v) is 31.7. The molecule has 1 heterocycles. The Hall–Kier alpha value is -2.77. The Morgan fingerprint density at radius 2 is 1.13 bits per heavy atom. The van der Waals surface area contributed by atoms with Gasteiger partial charge < -0.3 is 54.3 Å². The number of hydrogen-bond donors (Lipinski definition) is 3. The molecular formula is C36H64N4O13. The van der Waals surface area contributed by atoms with Crippen LogP contribution >= 0.6 is 0 Å². The summed E-state index contributed by atoms with van der Waals surface area (Å²) >= 11 is 0. The van der Waals surface area contributed by atoms with E-state index in [-0.39, 0.29) is 54.9 Å². The van der Waals surface area contributed by atoms with Gasteiger partial charge in [-0.05, 0) is 37.5 Å². The van der Waals surface area contributed by atoms with E-state index in [9.17, 15) is 24.0 Å². The number of hydrogen-bond acceptors (Lipinski definition) is 13. The first kappa shape index (κ1) is 44.6. The van der Waals surface area contributed by atoms with Crippen LogP contribution in [0.4, 0.5) is 0 Å². The van der Waals surface area contributed by atoms with E-state index in [1.165, 1.54) is 4.90 Å². The number of carbonyl (C=O) groups excluding carboxylic acids is 5. The second-order valence-corrected chi connectivity index (χ2v) is 13.1. The van der Waals surface area contributed by atoms with Crippen molar-refractivity contribution in [3.63, 3.8) is 0 Å². The summed E-state index contributed by atoms with van der Waals surface area (Å²) in [5.74, 6) is -1.45. The fraction of sp³-hybridized carbons (Fsp3) is 0.861. The van der Waals surface area contributed by atoms with E-state index in [0.29, 0.717) is 112 Å².